The van der Waals surface area contributed by atoms with Gasteiger partial charge in [-0.15, -0.1) is 0 Å². The largest absolute Gasteiger partial charge is 0.487 e. The smallest absolute Gasteiger partial charge is 0.340 e. The van der Waals surface area contributed by atoms with Crippen molar-refractivity contribution in [2.45, 2.75) is 25.3 Å². The van der Waals surface area contributed by atoms with E-state index < -0.39 is 19.0 Å². The van der Waals surface area contributed by atoms with E-state index >= 15 is 0 Å². The molecule has 0 unspecified atom stereocenters. The monoisotopic (exact) mass is 499 g/mol. The van der Waals surface area contributed by atoms with Crippen LogP contribution in [0.5, 0.6) is 5.75 Å². The summed E-state index contributed by atoms with van der Waals surface area (Å²) in [6.45, 7) is -0.304. The highest BCUT2D eigenvalue weighted by Crippen LogP contribution is 2.25. The molecule has 5 nitrogen and oxygen atoms in total. The van der Waals surface area contributed by atoms with Crippen LogP contribution in [0.4, 0.5) is 23.2 Å². The number of rotatable bonds is 11. The fourth-order valence-electron chi connectivity index (χ4n) is 3.70. The second kappa shape index (κ2) is 11.3. The Morgan fingerprint density at radius 2 is 1.81 bits per heavy atom. The lowest BCUT2D eigenvalue weighted by Gasteiger charge is -2.16. The van der Waals surface area contributed by atoms with Crippen molar-refractivity contribution < 1.29 is 27.1 Å². The van der Waals surface area contributed by atoms with Gasteiger partial charge in [0.15, 0.2) is 6.61 Å². The molecule has 0 radical (unpaired) electrons. The normalized spacial score (nSPS) is 11.7. The van der Waals surface area contributed by atoms with E-state index in [2.05, 4.69) is 15.6 Å². The first-order valence-corrected chi connectivity index (χ1v) is 11.4. The minimum absolute atomic E-state index is 0.108. The van der Waals surface area contributed by atoms with E-state index in [9.17, 15) is 22.4 Å². The molecule has 0 aliphatic heterocycles. The number of alkyl halides is 4. The molecule has 188 valence electrons. The summed E-state index contributed by atoms with van der Waals surface area (Å²) in [6.07, 6.45) is -1.15. The first kappa shape index (κ1) is 25.2. The molecule has 3 N–H and O–H groups in total. The minimum atomic E-state index is -4.20. The fraction of sp³-hybridized carbons (Fsp3) is 0.222. The molecule has 0 bridgehead atoms. The number of aromatic nitrogens is 1. The number of carbonyl (C=O) groups is 1. The number of anilines is 1. The molecule has 9 heteroatoms. The van der Waals surface area contributed by atoms with Gasteiger partial charge in [-0.1, -0.05) is 30.3 Å². The lowest BCUT2D eigenvalue weighted by Crippen LogP contribution is -2.33. The Bertz CT molecular complexity index is 1310. The molecule has 3 aromatic carbocycles. The molecular weight excluding hydrogens is 474 g/mol. The zero-order chi connectivity index (χ0) is 25.5. The second-order valence-corrected chi connectivity index (χ2v) is 8.32. The molecule has 0 saturated carbocycles. The fourth-order valence-corrected chi connectivity index (χ4v) is 3.70. The average molecular weight is 500 g/mol. The van der Waals surface area contributed by atoms with Gasteiger partial charge in [-0.3, -0.25) is 4.79 Å². The first-order chi connectivity index (χ1) is 17.3. The maximum atomic E-state index is 13.1. The topological polar surface area (TPSA) is 66.2 Å². The number of aromatic amines is 1. The van der Waals surface area contributed by atoms with Crippen molar-refractivity contribution in [3.05, 3.63) is 95.7 Å². The van der Waals surface area contributed by atoms with Crippen LogP contribution in [0, 0.1) is 0 Å². The van der Waals surface area contributed by atoms with Gasteiger partial charge in [0.25, 0.3) is 5.91 Å². The van der Waals surface area contributed by atoms with E-state index in [1.165, 1.54) is 6.07 Å². The molecule has 1 aromatic heterocycles. The van der Waals surface area contributed by atoms with Crippen LogP contribution in [0.3, 0.4) is 0 Å². The standard InChI is InChI=1S/C27H25F4N3O2/c28-26(29)27(30,31)17-36-22-8-4-5-18(13-22)15-32-12-11-20-16-33-24-10-9-21(14-23(20)24)34-25(35)19-6-2-1-3-7-19/h1-10,13-14,16,26,32-33H,11-12,15,17H2,(H,34,35). The minimum Gasteiger partial charge on any atom is -0.487 e. The molecule has 0 atom stereocenters. The number of nitrogens with one attached hydrogen (secondary N) is 3. The third-order valence-corrected chi connectivity index (χ3v) is 5.61. The van der Waals surface area contributed by atoms with Crippen LogP contribution in [0.15, 0.2) is 79.0 Å². The van der Waals surface area contributed by atoms with Crippen molar-refractivity contribution in [3.63, 3.8) is 0 Å². The number of benzene rings is 3. The van der Waals surface area contributed by atoms with Crippen LogP contribution in [0.1, 0.15) is 21.5 Å². The van der Waals surface area contributed by atoms with Crippen molar-refractivity contribution in [1.29, 1.82) is 0 Å². The van der Waals surface area contributed by atoms with Crippen LogP contribution < -0.4 is 15.4 Å². The maximum absolute atomic E-state index is 13.1. The number of H-pyrrole nitrogens is 1. The molecule has 36 heavy (non-hydrogen) atoms. The number of amides is 1. The summed E-state index contributed by atoms with van der Waals surface area (Å²) in [5.74, 6) is -4.27. The SMILES string of the molecule is O=C(Nc1ccc2[nH]cc(CCNCc3cccc(OCC(F)(F)C(F)F)c3)c2c1)c1ccccc1. The van der Waals surface area contributed by atoms with Crippen molar-refractivity contribution in [1.82, 2.24) is 10.3 Å². The molecule has 1 amide bonds. The van der Waals surface area contributed by atoms with E-state index in [1.807, 2.05) is 42.6 Å². The highest BCUT2D eigenvalue weighted by molar-refractivity contribution is 6.05. The first-order valence-electron chi connectivity index (χ1n) is 11.4. The van der Waals surface area contributed by atoms with Crippen LogP contribution >= 0.6 is 0 Å². The average Bonchev–Trinajstić information content (AvgIpc) is 3.28. The second-order valence-electron chi connectivity index (χ2n) is 8.32. The lowest BCUT2D eigenvalue weighted by atomic mass is 10.1. The Kier molecular flexibility index (Phi) is 7.90. The van der Waals surface area contributed by atoms with Gasteiger partial charge in [-0.25, -0.2) is 8.78 Å². The Balaban J connectivity index is 1.31. The van der Waals surface area contributed by atoms with Crippen molar-refractivity contribution >= 4 is 22.5 Å². The van der Waals surface area contributed by atoms with Crippen molar-refractivity contribution in [3.8, 4) is 5.75 Å². The van der Waals surface area contributed by atoms with Gasteiger partial charge in [0.05, 0.1) is 0 Å². The lowest BCUT2D eigenvalue weighted by molar-refractivity contribution is -0.148. The van der Waals surface area contributed by atoms with Gasteiger partial charge in [-0.2, -0.15) is 8.78 Å². The predicted molar refractivity (Wildman–Crippen MR) is 131 cm³/mol. The Labute approximate surface area is 205 Å². The number of hydrogen-bond donors (Lipinski definition) is 3. The van der Waals surface area contributed by atoms with Crippen LogP contribution in [-0.2, 0) is 13.0 Å². The van der Waals surface area contributed by atoms with Crippen LogP contribution in [-0.4, -0.2) is 36.4 Å². The van der Waals surface area contributed by atoms with Crippen molar-refractivity contribution in [2.24, 2.45) is 0 Å². The molecule has 0 aliphatic rings. The van der Waals surface area contributed by atoms with Gasteiger partial charge in [-0.05, 0) is 66.6 Å². The van der Waals surface area contributed by atoms with Crippen LogP contribution in [0.2, 0.25) is 0 Å². The van der Waals surface area contributed by atoms with E-state index in [0.717, 1.165) is 22.0 Å². The number of ether oxygens (including phenoxy) is 1. The molecule has 1 heterocycles. The third kappa shape index (κ3) is 6.42. The number of carbonyl (C=O) groups excluding carboxylic acids is 1. The Morgan fingerprint density at radius 1 is 1.00 bits per heavy atom. The summed E-state index contributed by atoms with van der Waals surface area (Å²) in [5.41, 5.74) is 4.07. The van der Waals surface area contributed by atoms with Gasteiger partial charge < -0.3 is 20.4 Å². The van der Waals surface area contributed by atoms with E-state index in [0.29, 0.717) is 30.8 Å². The van der Waals surface area contributed by atoms with Crippen LogP contribution in [0.25, 0.3) is 10.9 Å². The molecule has 0 spiro atoms. The number of halogens is 4. The summed E-state index contributed by atoms with van der Waals surface area (Å²) in [7, 11) is 0. The third-order valence-electron chi connectivity index (χ3n) is 5.61. The Hall–Kier alpha value is -3.85. The Morgan fingerprint density at radius 3 is 2.58 bits per heavy atom. The number of hydrogen-bond acceptors (Lipinski definition) is 3. The zero-order valence-corrected chi connectivity index (χ0v) is 19.2. The molecule has 0 saturated heterocycles. The maximum Gasteiger partial charge on any atom is 0.340 e. The van der Waals surface area contributed by atoms with Gasteiger partial charge in [0.2, 0.25) is 0 Å². The van der Waals surface area contributed by atoms with E-state index in [1.54, 1.807) is 30.3 Å². The van der Waals surface area contributed by atoms with E-state index in [-0.39, 0.29) is 11.7 Å². The van der Waals surface area contributed by atoms with Gasteiger partial charge >= 0.3 is 12.3 Å². The van der Waals surface area contributed by atoms with Gasteiger partial charge in [0, 0.05) is 34.9 Å². The molecule has 4 aromatic rings. The zero-order valence-electron chi connectivity index (χ0n) is 19.2. The van der Waals surface area contributed by atoms with Gasteiger partial charge in [0.1, 0.15) is 5.75 Å². The van der Waals surface area contributed by atoms with Crippen molar-refractivity contribution in [2.75, 3.05) is 18.5 Å². The van der Waals surface area contributed by atoms with E-state index in [4.69, 9.17) is 4.74 Å². The highest BCUT2D eigenvalue weighted by atomic mass is 19.3. The molecule has 0 aliphatic carbocycles. The molecule has 4 rings (SSSR count). The molecule has 0 fully saturated rings. The molecular formula is C27H25F4N3O2. The highest BCUT2D eigenvalue weighted by Gasteiger charge is 2.41. The summed E-state index contributed by atoms with van der Waals surface area (Å²) in [5, 5.41) is 7.20. The summed E-state index contributed by atoms with van der Waals surface area (Å²) in [6, 6.07) is 21.1. The summed E-state index contributed by atoms with van der Waals surface area (Å²) >= 11 is 0. The predicted octanol–water partition coefficient (Wildman–Crippen LogP) is 6.03. The summed E-state index contributed by atoms with van der Waals surface area (Å²) < 4.78 is 55.6. The number of fused-ring (bicyclic) bond motifs is 1. The summed E-state index contributed by atoms with van der Waals surface area (Å²) in [4.78, 5) is 15.7. The quantitative estimate of drug-likeness (QED) is 0.174.